The molecule has 0 fully saturated rings. The minimum atomic E-state index is -0.919. The Morgan fingerprint density at radius 3 is 2.21 bits per heavy atom. The molecule has 0 unspecified atom stereocenters. The fraction of sp³-hybridized carbons (Fsp3) is 0.200. The highest BCUT2D eigenvalue weighted by atomic mass is 19.2. The average Bonchev–Trinajstić information content (AvgIpc) is 2.36. The molecule has 0 N–H and O–H groups in total. The van der Waals surface area contributed by atoms with Crippen LogP contribution in [-0.4, -0.2) is 0 Å². The molecule has 0 atom stereocenters. The quantitative estimate of drug-likeness (QED) is 0.688. The third-order valence-corrected chi connectivity index (χ3v) is 3.03. The van der Waals surface area contributed by atoms with E-state index in [0.29, 0.717) is 23.1 Å². The summed E-state index contributed by atoms with van der Waals surface area (Å²) < 4.78 is 41.0. The molecule has 0 aliphatic heterocycles. The van der Waals surface area contributed by atoms with Crippen molar-refractivity contribution in [1.29, 1.82) is 0 Å². The maximum absolute atomic E-state index is 13.9. The van der Waals surface area contributed by atoms with Crippen LogP contribution in [0.3, 0.4) is 0 Å². The first-order valence-corrected chi connectivity index (χ1v) is 5.78. The van der Waals surface area contributed by atoms with Crippen molar-refractivity contribution in [2.75, 3.05) is 0 Å². The zero-order valence-electron chi connectivity index (χ0n) is 10.6. The summed E-state index contributed by atoms with van der Waals surface area (Å²) in [4.78, 5) is 0. The molecule has 0 nitrogen and oxygen atoms in total. The smallest absolute Gasteiger partial charge is 0.166 e. The molecule has 2 aromatic rings. The van der Waals surface area contributed by atoms with E-state index in [0.717, 1.165) is 0 Å². The molecule has 4 heteroatoms. The van der Waals surface area contributed by atoms with E-state index in [1.807, 2.05) is 0 Å². The van der Waals surface area contributed by atoms with Crippen molar-refractivity contribution in [3.8, 4) is 11.1 Å². The second-order valence-electron chi connectivity index (χ2n) is 4.22. The van der Waals surface area contributed by atoms with Gasteiger partial charge in [-0.25, -0.2) is 13.2 Å². The van der Waals surface area contributed by atoms with Crippen LogP contribution in [0.5, 0.6) is 0 Å². The molecular formula is C15H14F4. The van der Waals surface area contributed by atoms with Crippen molar-refractivity contribution in [2.24, 2.45) is 0 Å². The summed E-state index contributed by atoms with van der Waals surface area (Å²) in [5, 5.41) is 0. The maximum atomic E-state index is 13.9. The van der Waals surface area contributed by atoms with Gasteiger partial charge in [-0.15, -0.1) is 0 Å². The molecule has 0 amide bonds. The molecular weight excluding hydrogens is 256 g/mol. The van der Waals surface area contributed by atoms with Crippen molar-refractivity contribution >= 4 is 0 Å². The lowest BCUT2D eigenvalue weighted by Crippen LogP contribution is -1.96. The first-order valence-electron chi connectivity index (χ1n) is 5.78. The van der Waals surface area contributed by atoms with Gasteiger partial charge in [-0.05, 0) is 36.1 Å². The van der Waals surface area contributed by atoms with Crippen molar-refractivity contribution in [3.05, 3.63) is 58.9 Å². The Hall–Kier alpha value is -1.84. The molecule has 0 spiro atoms. The molecule has 0 aliphatic carbocycles. The number of hydrogen-bond acceptors (Lipinski definition) is 0. The minimum absolute atomic E-state index is 0. The Labute approximate surface area is 109 Å². The Morgan fingerprint density at radius 1 is 0.947 bits per heavy atom. The lowest BCUT2D eigenvalue weighted by Gasteiger charge is -2.08. The molecule has 0 heterocycles. The molecule has 0 aromatic heterocycles. The van der Waals surface area contributed by atoms with E-state index >= 15 is 0 Å². The Morgan fingerprint density at radius 2 is 1.63 bits per heavy atom. The molecule has 102 valence electrons. The molecule has 0 radical (unpaired) electrons. The third-order valence-electron chi connectivity index (χ3n) is 3.03. The number of hydrogen-bond donors (Lipinski definition) is 0. The summed E-state index contributed by atoms with van der Waals surface area (Å²) in [5.74, 6) is -2.19. The summed E-state index contributed by atoms with van der Waals surface area (Å²) in [6, 6.07) is 7.38. The molecule has 0 saturated heterocycles. The summed E-state index contributed by atoms with van der Waals surface area (Å²) in [5.41, 5.74) is 1.23. The highest BCUT2D eigenvalue weighted by molar-refractivity contribution is 5.65. The van der Waals surface area contributed by atoms with Gasteiger partial charge in [0.1, 0.15) is 5.82 Å². The summed E-state index contributed by atoms with van der Waals surface area (Å²) in [6.45, 7) is 3.37. The largest absolute Gasteiger partial charge is 0.269 e. The van der Waals surface area contributed by atoms with Gasteiger partial charge < -0.3 is 0 Å². The van der Waals surface area contributed by atoms with Gasteiger partial charge in [0.05, 0.1) is 0 Å². The van der Waals surface area contributed by atoms with Gasteiger partial charge in [-0.1, -0.05) is 31.2 Å². The number of halogens is 4. The standard InChI is InChI=1S/C15H13F3.FH/c1-3-10-6-7-12(15(18)14(10)17)11-5-4-9(2)13(16)8-11;/h4-8H,3H2,1-2H3;1H. The average molecular weight is 270 g/mol. The topological polar surface area (TPSA) is 0 Å². The van der Waals surface area contributed by atoms with Gasteiger partial charge in [-0.2, -0.15) is 0 Å². The van der Waals surface area contributed by atoms with Gasteiger partial charge >= 0.3 is 0 Å². The summed E-state index contributed by atoms with van der Waals surface area (Å²) >= 11 is 0. The van der Waals surface area contributed by atoms with Crippen LogP contribution < -0.4 is 0 Å². The van der Waals surface area contributed by atoms with Crippen LogP contribution in [0.15, 0.2) is 30.3 Å². The van der Waals surface area contributed by atoms with Crippen molar-refractivity contribution in [3.63, 3.8) is 0 Å². The molecule has 0 saturated carbocycles. The predicted molar refractivity (Wildman–Crippen MR) is 68.4 cm³/mol. The highest BCUT2D eigenvalue weighted by Crippen LogP contribution is 2.27. The first-order chi connectivity index (χ1) is 8.54. The van der Waals surface area contributed by atoms with E-state index in [-0.39, 0.29) is 10.3 Å². The molecule has 0 aliphatic rings. The Balaban J connectivity index is 0.00000180. The number of benzene rings is 2. The van der Waals surface area contributed by atoms with Gasteiger partial charge in [-0.3, -0.25) is 4.70 Å². The summed E-state index contributed by atoms with van der Waals surface area (Å²) in [7, 11) is 0. The van der Waals surface area contributed by atoms with E-state index in [1.165, 1.54) is 18.2 Å². The van der Waals surface area contributed by atoms with Gasteiger partial charge in [0.25, 0.3) is 0 Å². The molecule has 2 rings (SSSR count). The van der Waals surface area contributed by atoms with Crippen LogP contribution in [0, 0.1) is 24.4 Å². The van der Waals surface area contributed by atoms with E-state index < -0.39 is 17.5 Å². The van der Waals surface area contributed by atoms with Crippen LogP contribution in [-0.2, 0) is 6.42 Å². The molecule has 2 aromatic carbocycles. The van der Waals surface area contributed by atoms with Crippen LogP contribution in [0.4, 0.5) is 17.9 Å². The van der Waals surface area contributed by atoms with Crippen LogP contribution in [0.2, 0.25) is 0 Å². The fourth-order valence-electron chi connectivity index (χ4n) is 1.85. The lowest BCUT2D eigenvalue weighted by molar-refractivity contribution is 0.502. The minimum Gasteiger partial charge on any atom is -0.269 e. The normalized spacial score (nSPS) is 10.2. The predicted octanol–water partition coefficient (Wildman–Crippen LogP) is 4.79. The van der Waals surface area contributed by atoms with Crippen molar-refractivity contribution in [1.82, 2.24) is 0 Å². The third kappa shape index (κ3) is 2.78. The van der Waals surface area contributed by atoms with E-state index in [4.69, 9.17) is 0 Å². The highest BCUT2D eigenvalue weighted by Gasteiger charge is 2.14. The second kappa shape index (κ2) is 5.87. The monoisotopic (exact) mass is 270 g/mol. The van der Waals surface area contributed by atoms with Crippen molar-refractivity contribution < 1.29 is 17.9 Å². The van der Waals surface area contributed by atoms with Gasteiger partial charge in [0.15, 0.2) is 11.6 Å². The zero-order valence-corrected chi connectivity index (χ0v) is 10.6. The van der Waals surface area contributed by atoms with E-state index in [2.05, 4.69) is 0 Å². The second-order valence-corrected chi connectivity index (χ2v) is 4.22. The number of aryl methyl sites for hydroxylation is 2. The first kappa shape index (κ1) is 15.2. The molecule has 19 heavy (non-hydrogen) atoms. The van der Waals surface area contributed by atoms with Crippen LogP contribution in [0.1, 0.15) is 18.1 Å². The summed E-state index contributed by atoms with van der Waals surface area (Å²) in [6.07, 6.45) is 0.422. The Bertz CT molecular complexity index is 591. The maximum Gasteiger partial charge on any atom is 0.166 e. The molecule has 0 bridgehead atoms. The van der Waals surface area contributed by atoms with Gasteiger partial charge in [0, 0.05) is 5.56 Å². The Kier molecular flexibility index (Phi) is 4.70. The van der Waals surface area contributed by atoms with Crippen LogP contribution in [0.25, 0.3) is 11.1 Å². The van der Waals surface area contributed by atoms with Crippen molar-refractivity contribution in [2.45, 2.75) is 20.3 Å². The lowest BCUT2D eigenvalue weighted by atomic mass is 10.0. The zero-order chi connectivity index (χ0) is 13.3. The SMILES string of the molecule is CCc1ccc(-c2ccc(C)c(F)c2)c(F)c1F.F. The fourth-order valence-corrected chi connectivity index (χ4v) is 1.85. The van der Waals surface area contributed by atoms with Gasteiger partial charge in [0.2, 0.25) is 0 Å². The number of rotatable bonds is 2. The van der Waals surface area contributed by atoms with Crippen LogP contribution >= 0.6 is 0 Å². The van der Waals surface area contributed by atoms with E-state index in [1.54, 1.807) is 26.0 Å². The van der Waals surface area contributed by atoms with E-state index in [9.17, 15) is 13.2 Å².